The van der Waals surface area contributed by atoms with Crippen molar-refractivity contribution in [3.05, 3.63) is 64.5 Å². The highest BCUT2D eigenvalue weighted by molar-refractivity contribution is 5.96. The van der Waals surface area contributed by atoms with E-state index in [1.54, 1.807) is 6.92 Å². The number of hydrogen-bond donors (Lipinski definition) is 1. The molecule has 0 aromatic heterocycles. The number of carbonyl (C=O) groups is 1. The van der Waals surface area contributed by atoms with Crippen molar-refractivity contribution in [2.45, 2.75) is 26.1 Å². The predicted molar refractivity (Wildman–Crippen MR) is 91.5 cm³/mol. The summed E-state index contributed by atoms with van der Waals surface area (Å²) in [6, 6.07) is 3.18. The molecule has 1 aromatic rings. The molecule has 0 saturated heterocycles. The lowest BCUT2D eigenvalue weighted by Gasteiger charge is -2.23. The summed E-state index contributed by atoms with van der Waals surface area (Å²) in [5.41, 5.74) is 0.919. The minimum atomic E-state index is -3.10. The molecule has 0 saturated carbocycles. The summed E-state index contributed by atoms with van der Waals surface area (Å²) in [5.74, 6) is -2.24. The SMILES string of the molecule is C/C(=C\c1ccc(F)cc1F)CN(C)C(=O)C1=CCC(O)C(OC(F)F)=C1. The number of nitrogens with zero attached hydrogens (tertiary/aromatic N) is 1. The topological polar surface area (TPSA) is 49.8 Å². The van der Waals surface area contributed by atoms with Crippen LogP contribution in [0.4, 0.5) is 17.6 Å². The third kappa shape index (κ3) is 5.68. The molecule has 146 valence electrons. The number of aliphatic hydroxyl groups is 1. The van der Waals surface area contributed by atoms with E-state index in [4.69, 9.17) is 0 Å². The number of aliphatic hydroxyl groups excluding tert-OH is 1. The first-order valence-electron chi connectivity index (χ1n) is 8.09. The van der Waals surface area contributed by atoms with Crippen LogP contribution < -0.4 is 0 Å². The van der Waals surface area contributed by atoms with Gasteiger partial charge in [0, 0.05) is 30.8 Å². The van der Waals surface area contributed by atoms with Crippen molar-refractivity contribution < 1.29 is 32.2 Å². The third-order valence-electron chi connectivity index (χ3n) is 3.86. The van der Waals surface area contributed by atoms with Gasteiger partial charge in [0.15, 0.2) is 0 Å². The summed E-state index contributed by atoms with van der Waals surface area (Å²) in [6.45, 7) is -1.30. The van der Waals surface area contributed by atoms with Crippen molar-refractivity contribution in [3.8, 4) is 0 Å². The van der Waals surface area contributed by atoms with Gasteiger partial charge < -0.3 is 14.7 Å². The molecule has 0 aliphatic heterocycles. The van der Waals surface area contributed by atoms with Crippen molar-refractivity contribution >= 4 is 12.0 Å². The zero-order valence-electron chi connectivity index (χ0n) is 14.8. The molecule has 2 rings (SSSR count). The minimum Gasteiger partial charge on any atom is -0.437 e. The quantitative estimate of drug-likeness (QED) is 0.761. The van der Waals surface area contributed by atoms with Crippen LogP contribution in [0.1, 0.15) is 18.9 Å². The molecule has 1 aliphatic carbocycles. The van der Waals surface area contributed by atoms with Crippen LogP contribution in [0.2, 0.25) is 0 Å². The van der Waals surface area contributed by atoms with Crippen LogP contribution in [-0.4, -0.2) is 42.2 Å². The second-order valence-electron chi connectivity index (χ2n) is 6.15. The molecule has 0 fully saturated rings. The van der Waals surface area contributed by atoms with Gasteiger partial charge >= 0.3 is 6.61 Å². The fourth-order valence-electron chi connectivity index (χ4n) is 2.62. The van der Waals surface area contributed by atoms with Gasteiger partial charge in [0.1, 0.15) is 23.5 Å². The monoisotopic (exact) mass is 385 g/mol. The van der Waals surface area contributed by atoms with Gasteiger partial charge in [-0.1, -0.05) is 17.7 Å². The molecule has 1 atom stereocenters. The van der Waals surface area contributed by atoms with Crippen LogP contribution >= 0.6 is 0 Å². The summed E-state index contributed by atoms with van der Waals surface area (Å²) in [6.07, 6.45) is 2.74. The molecule has 1 N–H and O–H groups in total. The van der Waals surface area contributed by atoms with E-state index < -0.39 is 30.3 Å². The summed E-state index contributed by atoms with van der Waals surface area (Å²) in [7, 11) is 1.49. The largest absolute Gasteiger partial charge is 0.437 e. The van der Waals surface area contributed by atoms with E-state index in [9.17, 15) is 27.5 Å². The number of rotatable bonds is 6. The molecular formula is C19H19F4NO3. The Bertz CT molecular complexity index is 802. The summed E-state index contributed by atoms with van der Waals surface area (Å²) >= 11 is 0. The van der Waals surface area contributed by atoms with Crippen molar-refractivity contribution in [3.63, 3.8) is 0 Å². The van der Waals surface area contributed by atoms with E-state index in [0.717, 1.165) is 18.2 Å². The Kier molecular flexibility index (Phi) is 6.79. The third-order valence-corrected chi connectivity index (χ3v) is 3.86. The Balaban J connectivity index is 2.08. The van der Waals surface area contributed by atoms with Gasteiger partial charge in [-0.3, -0.25) is 4.79 Å². The van der Waals surface area contributed by atoms with Crippen molar-refractivity contribution in [2.24, 2.45) is 0 Å². The fraction of sp³-hybridized carbons (Fsp3) is 0.316. The van der Waals surface area contributed by atoms with Gasteiger partial charge in [-0.05, 0) is 31.6 Å². The Labute approximate surface area is 154 Å². The molecule has 1 amide bonds. The van der Waals surface area contributed by atoms with Crippen LogP contribution in [0, 0.1) is 11.6 Å². The number of benzene rings is 1. The Morgan fingerprint density at radius 3 is 2.74 bits per heavy atom. The Hall–Kier alpha value is -2.61. The maximum absolute atomic E-state index is 13.7. The smallest absolute Gasteiger partial charge is 0.387 e. The summed E-state index contributed by atoms with van der Waals surface area (Å²) in [5, 5.41) is 9.64. The number of halogens is 4. The van der Waals surface area contributed by atoms with E-state index in [1.165, 1.54) is 30.2 Å². The van der Waals surface area contributed by atoms with Gasteiger partial charge in [-0.25, -0.2) is 8.78 Å². The van der Waals surface area contributed by atoms with E-state index in [0.29, 0.717) is 5.57 Å². The lowest BCUT2D eigenvalue weighted by atomic mass is 10.0. The number of ether oxygens (including phenoxy) is 1. The standard InChI is InChI=1S/C19H19F4NO3/c1-11(7-12-3-5-14(20)9-15(12)21)10-24(2)18(26)13-4-6-16(25)17(8-13)27-19(22)23/h3-5,7-9,16,19,25H,6,10H2,1-2H3/b11-7+. The zero-order valence-corrected chi connectivity index (χ0v) is 14.8. The van der Waals surface area contributed by atoms with Crippen LogP contribution in [0.5, 0.6) is 0 Å². The lowest BCUT2D eigenvalue weighted by molar-refractivity contribution is -0.126. The second kappa shape index (κ2) is 8.85. The molecule has 1 aliphatic rings. The number of likely N-dealkylation sites (N-methyl/N-ethyl adjacent to an activating group) is 1. The van der Waals surface area contributed by atoms with E-state index in [1.807, 2.05) is 0 Å². The number of carbonyl (C=O) groups excluding carboxylic acids is 1. The van der Waals surface area contributed by atoms with Crippen LogP contribution in [0.15, 0.2) is 47.3 Å². The van der Waals surface area contributed by atoms with Crippen molar-refractivity contribution in [1.82, 2.24) is 4.90 Å². The number of alkyl halides is 2. The molecule has 0 spiro atoms. The highest BCUT2D eigenvalue weighted by atomic mass is 19.3. The normalized spacial score (nSPS) is 17.5. The first-order chi connectivity index (χ1) is 12.7. The van der Waals surface area contributed by atoms with Gasteiger partial charge in [-0.2, -0.15) is 8.78 Å². The second-order valence-corrected chi connectivity index (χ2v) is 6.15. The van der Waals surface area contributed by atoms with Gasteiger partial charge in [-0.15, -0.1) is 0 Å². The first-order valence-corrected chi connectivity index (χ1v) is 8.09. The molecule has 1 aromatic carbocycles. The molecule has 27 heavy (non-hydrogen) atoms. The van der Waals surface area contributed by atoms with Crippen LogP contribution in [0.25, 0.3) is 6.08 Å². The average molecular weight is 385 g/mol. The Morgan fingerprint density at radius 2 is 2.11 bits per heavy atom. The van der Waals surface area contributed by atoms with Gasteiger partial charge in [0.05, 0.1) is 0 Å². The summed E-state index contributed by atoms with van der Waals surface area (Å²) < 4.78 is 55.6. The maximum atomic E-state index is 13.7. The molecule has 4 nitrogen and oxygen atoms in total. The molecule has 0 heterocycles. The maximum Gasteiger partial charge on any atom is 0.387 e. The number of amides is 1. The van der Waals surface area contributed by atoms with Crippen molar-refractivity contribution in [1.29, 1.82) is 0 Å². The lowest BCUT2D eigenvalue weighted by Crippen LogP contribution is -2.31. The Morgan fingerprint density at radius 1 is 1.41 bits per heavy atom. The predicted octanol–water partition coefficient (Wildman–Crippen LogP) is 3.64. The first kappa shape index (κ1) is 20.7. The molecular weight excluding hydrogens is 366 g/mol. The van der Waals surface area contributed by atoms with Gasteiger partial charge in [0.2, 0.25) is 0 Å². The molecule has 0 bridgehead atoms. The van der Waals surface area contributed by atoms with Crippen LogP contribution in [-0.2, 0) is 9.53 Å². The van der Waals surface area contributed by atoms with Crippen LogP contribution in [0.3, 0.4) is 0 Å². The summed E-state index contributed by atoms with van der Waals surface area (Å²) in [4.78, 5) is 13.8. The average Bonchev–Trinajstić information content (AvgIpc) is 2.58. The van der Waals surface area contributed by atoms with Crippen molar-refractivity contribution in [2.75, 3.05) is 13.6 Å². The highest BCUT2D eigenvalue weighted by Gasteiger charge is 2.24. The number of hydrogen-bond acceptors (Lipinski definition) is 3. The fourth-order valence-corrected chi connectivity index (χ4v) is 2.62. The highest BCUT2D eigenvalue weighted by Crippen LogP contribution is 2.23. The minimum absolute atomic E-state index is 0.0247. The zero-order chi connectivity index (χ0) is 20.1. The van der Waals surface area contributed by atoms with E-state index in [2.05, 4.69) is 4.74 Å². The van der Waals surface area contributed by atoms with Gasteiger partial charge in [0.25, 0.3) is 5.91 Å². The van der Waals surface area contributed by atoms with E-state index >= 15 is 0 Å². The molecule has 8 heteroatoms. The van der Waals surface area contributed by atoms with E-state index in [-0.39, 0.29) is 29.9 Å². The molecule has 0 radical (unpaired) electrons. The molecule has 1 unspecified atom stereocenters.